The molecule has 0 bridgehead atoms. The van der Waals surface area contributed by atoms with Gasteiger partial charge < -0.3 is 0 Å². The zero-order chi connectivity index (χ0) is 17.1. The number of carbonyl (C=O) groups is 2. The Morgan fingerprint density at radius 2 is 2.21 bits per heavy atom. The molecule has 3 rings (SSSR count). The number of nitrogens with zero attached hydrogens (tertiary/aromatic N) is 2. The zero-order valence-electron chi connectivity index (χ0n) is 13.3. The van der Waals surface area contributed by atoms with Crippen LogP contribution in [-0.2, 0) is 20.7 Å². The van der Waals surface area contributed by atoms with Gasteiger partial charge in [0.15, 0.2) is 0 Å². The summed E-state index contributed by atoms with van der Waals surface area (Å²) in [7, 11) is 0. The second-order valence-corrected chi connectivity index (χ2v) is 6.31. The van der Waals surface area contributed by atoms with Gasteiger partial charge in [-0.1, -0.05) is 0 Å². The first kappa shape index (κ1) is 16.4. The van der Waals surface area contributed by atoms with E-state index in [1.165, 1.54) is 11.8 Å². The SMILES string of the molecule is CC(=O)OCN(C(=O)Cc1ccc2ccsc2c1)c1bc(C)no1. The third-order valence-electron chi connectivity index (χ3n) is 3.46. The molecule has 0 N–H and O–H groups in total. The van der Waals surface area contributed by atoms with Gasteiger partial charge in [0.25, 0.3) is 0 Å². The van der Waals surface area contributed by atoms with Crippen LogP contribution < -0.4 is 4.90 Å². The number of esters is 1. The van der Waals surface area contributed by atoms with Crippen LogP contribution in [0.4, 0.5) is 5.78 Å². The topological polar surface area (TPSA) is 72.6 Å². The molecule has 1 amide bonds. The Kier molecular flexibility index (Phi) is 4.75. The van der Waals surface area contributed by atoms with E-state index in [2.05, 4.69) is 5.16 Å². The molecule has 8 heteroatoms. The second-order valence-electron chi connectivity index (χ2n) is 5.36. The standard InChI is InChI=1S/C16H15BN2O4S/c1-10-17-16(23-18-10)19(9-22-11(2)20)15(21)8-12-3-4-13-5-6-24-14(13)7-12/h3-7H,8-9H2,1-2H3. The minimum atomic E-state index is -0.468. The van der Waals surface area contributed by atoms with Gasteiger partial charge >= 0.3 is 143 Å². The fourth-order valence-corrected chi connectivity index (χ4v) is 3.12. The number of carbonyl (C=O) groups excluding carboxylic acids is 2. The first-order valence-corrected chi connectivity index (χ1v) is 8.24. The van der Waals surface area contributed by atoms with Crippen molar-refractivity contribution in [1.29, 1.82) is 0 Å². The van der Waals surface area contributed by atoms with Crippen LogP contribution in [0.15, 0.2) is 34.2 Å². The molecule has 1 aromatic carbocycles. The third kappa shape index (κ3) is 3.71. The Morgan fingerprint density at radius 3 is 2.92 bits per heavy atom. The van der Waals surface area contributed by atoms with Gasteiger partial charge in [0.2, 0.25) is 0 Å². The number of anilines is 1. The molecule has 0 aliphatic heterocycles. The van der Waals surface area contributed by atoms with Gasteiger partial charge in [-0.05, 0) is 0 Å². The quantitative estimate of drug-likeness (QED) is 0.526. The molecular weight excluding hydrogens is 327 g/mol. The third-order valence-corrected chi connectivity index (χ3v) is 4.34. The van der Waals surface area contributed by atoms with Gasteiger partial charge in [0.05, 0.1) is 0 Å². The monoisotopic (exact) mass is 342 g/mol. The molecule has 0 radical (unpaired) electrons. The number of ether oxygens (including phenoxy) is 1. The summed E-state index contributed by atoms with van der Waals surface area (Å²) in [5, 5.41) is 6.95. The molecule has 0 saturated carbocycles. The molecule has 6 nitrogen and oxygen atoms in total. The molecule has 3 aromatic rings. The number of rotatable bonds is 5. The van der Waals surface area contributed by atoms with Crippen molar-refractivity contribution in [2.24, 2.45) is 0 Å². The zero-order valence-corrected chi connectivity index (χ0v) is 14.1. The van der Waals surface area contributed by atoms with Crippen LogP contribution in [0.3, 0.4) is 0 Å². The molecule has 24 heavy (non-hydrogen) atoms. The summed E-state index contributed by atoms with van der Waals surface area (Å²) in [5.41, 5.74) is 1.53. The second kappa shape index (κ2) is 6.96. The first-order valence-electron chi connectivity index (χ1n) is 7.36. The number of thiophene rings is 1. The maximum atomic E-state index is 12.7. The Bertz CT molecular complexity index is 889. The molecule has 2 heterocycles. The van der Waals surface area contributed by atoms with Crippen molar-refractivity contribution in [2.75, 3.05) is 11.6 Å². The predicted molar refractivity (Wildman–Crippen MR) is 92.2 cm³/mol. The van der Waals surface area contributed by atoms with Crippen LogP contribution in [-0.4, -0.2) is 30.7 Å². The molecule has 0 unspecified atom stereocenters. The Labute approximate surface area is 143 Å². The van der Waals surface area contributed by atoms with Crippen LogP contribution in [0.1, 0.15) is 18.1 Å². The van der Waals surface area contributed by atoms with Gasteiger partial charge in [-0.3, -0.25) is 0 Å². The van der Waals surface area contributed by atoms with E-state index in [1.807, 2.05) is 29.6 Å². The van der Waals surface area contributed by atoms with E-state index in [1.54, 1.807) is 25.2 Å². The van der Waals surface area contributed by atoms with Gasteiger partial charge in [-0.25, -0.2) is 0 Å². The van der Waals surface area contributed by atoms with E-state index in [0.29, 0.717) is 5.59 Å². The van der Waals surface area contributed by atoms with Gasteiger partial charge in [0.1, 0.15) is 0 Å². The normalized spacial score (nSPS) is 10.6. The summed E-state index contributed by atoms with van der Waals surface area (Å²) in [6.07, 6.45) is 0.175. The van der Waals surface area contributed by atoms with Crippen LogP contribution in [0.2, 0.25) is 0 Å². The fourth-order valence-electron chi connectivity index (χ4n) is 2.27. The summed E-state index contributed by atoms with van der Waals surface area (Å²) in [4.78, 5) is 25.0. The fraction of sp³-hybridized carbons (Fsp3) is 0.250. The Morgan fingerprint density at radius 1 is 1.38 bits per heavy atom. The summed E-state index contributed by atoms with van der Waals surface area (Å²) < 4.78 is 11.2. The molecule has 0 atom stereocenters. The summed E-state index contributed by atoms with van der Waals surface area (Å²) in [6.45, 7) is 4.47. The van der Waals surface area contributed by atoms with Crippen molar-refractivity contribution in [2.45, 2.75) is 20.3 Å². The van der Waals surface area contributed by atoms with Crippen LogP contribution in [0.5, 0.6) is 0 Å². The van der Waals surface area contributed by atoms with Gasteiger partial charge in [0, 0.05) is 0 Å². The molecule has 0 aliphatic carbocycles. The van der Waals surface area contributed by atoms with E-state index in [9.17, 15) is 9.59 Å². The van der Waals surface area contributed by atoms with E-state index in [4.69, 9.17) is 9.26 Å². The van der Waals surface area contributed by atoms with Crippen molar-refractivity contribution in [1.82, 2.24) is 5.16 Å². The predicted octanol–water partition coefficient (Wildman–Crippen LogP) is 2.63. The summed E-state index contributed by atoms with van der Waals surface area (Å²) in [5.74, 6) is -0.441. The Balaban J connectivity index is 1.80. The van der Waals surface area contributed by atoms with Crippen molar-refractivity contribution in [3.8, 4) is 0 Å². The maximum absolute atomic E-state index is 12.7. The summed E-state index contributed by atoms with van der Waals surface area (Å²) >= 11 is 1.63. The summed E-state index contributed by atoms with van der Waals surface area (Å²) in [6, 6.07) is 7.94. The van der Waals surface area contributed by atoms with Gasteiger partial charge in [-0.2, -0.15) is 0 Å². The van der Waals surface area contributed by atoms with Crippen molar-refractivity contribution in [3.05, 3.63) is 40.8 Å². The van der Waals surface area contributed by atoms with E-state index in [-0.39, 0.29) is 24.8 Å². The van der Waals surface area contributed by atoms with Crippen molar-refractivity contribution in [3.63, 3.8) is 0 Å². The number of fused-ring (bicyclic) bond motifs is 1. The molecule has 0 spiro atoms. The number of amides is 1. The Hall–Kier alpha value is -2.48. The van der Waals surface area contributed by atoms with Crippen LogP contribution >= 0.6 is 11.3 Å². The van der Waals surface area contributed by atoms with Crippen LogP contribution in [0, 0.1) is 6.92 Å². The van der Waals surface area contributed by atoms with E-state index in [0.717, 1.165) is 15.6 Å². The van der Waals surface area contributed by atoms with Crippen LogP contribution in [0.25, 0.3) is 10.1 Å². The number of hydrogen-bond donors (Lipinski definition) is 0. The molecule has 0 aliphatic rings. The average Bonchev–Trinajstić information content (AvgIpc) is 3.15. The average molecular weight is 342 g/mol. The number of hydrogen-bond acceptors (Lipinski definition) is 6. The van der Waals surface area contributed by atoms with E-state index < -0.39 is 5.97 Å². The first-order chi connectivity index (χ1) is 11.5. The number of aryl methyl sites for hydroxylation is 1. The van der Waals surface area contributed by atoms with E-state index >= 15 is 0 Å². The molecule has 122 valence electrons. The van der Waals surface area contributed by atoms with Gasteiger partial charge in [-0.15, -0.1) is 0 Å². The molecule has 0 saturated heterocycles. The number of benzene rings is 1. The number of aromatic nitrogens is 1. The van der Waals surface area contributed by atoms with Crippen molar-refractivity contribution >= 4 is 46.0 Å². The van der Waals surface area contributed by atoms with Crippen molar-refractivity contribution < 1.29 is 18.8 Å². The molecule has 2 aromatic heterocycles. The molecular formula is C16H15BN2O4S. The molecule has 0 fully saturated rings. The minimum absolute atomic E-state index is 0.175.